The van der Waals surface area contributed by atoms with Crippen molar-refractivity contribution in [2.24, 2.45) is 5.73 Å². The van der Waals surface area contributed by atoms with Gasteiger partial charge in [-0.1, -0.05) is 0 Å². The molecule has 2 rings (SSSR count). The summed E-state index contributed by atoms with van der Waals surface area (Å²) < 4.78 is 15.8. The molecule has 0 bridgehead atoms. The number of nitrogens with two attached hydrogens (primary N) is 1. The zero-order chi connectivity index (χ0) is 14.8. The Balaban J connectivity index is 0.00000220. The molecular formula is C14H21ClN2O4. The van der Waals surface area contributed by atoms with Gasteiger partial charge in [-0.25, -0.2) is 0 Å². The van der Waals surface area contributed by atoms with Crippen LogP contribution in [0.1, 0.15) is 18.4 Å². The number of hydrogen-bond donors (Lipinski definition) is 2. The van der Waals surface area contributed by atoms with E-state index in [1.54, 1.807) is 33.5 Å². The lowest BCUT2D eigenvalue weighted by atomic mass is 10.1. The Morgan fingerprint density at radius 2 is 1.71 bits per heavy atom. The molecule has 1 amide bonds. The maximum Gasteiger partial charge on any atom is 0.240 e. The van der Waals surface area contributed by atoms with Gasteiger partial charge in [0.15, 0.2) is 11.5 Å². The van der Waals surface area contributed by atoms with E-state index in [4.69, 9.17) is 19.9 Å². The predicted molar refractivity (Wildman–Crippen MR) is 81.3 cm³/mol. The van der Waals surface area contributed by atoms with Gasteiger partial charge >= 0.3 is 0 Å². The molecule has 1 aliphatic rings. The third-order valence-corrected chi connectivity index (χ3v) is 3.42. The van der Waals surface area contributed by atoms with Gasteiger partial charge in [0.05, 0.1) is 26.9 Å². The van der Waals surface area contributed by atoms with E-state index in [2.05, 4.69) is 5.32 Å². The second-order valence-corrected chi connectivity index (χ2v) is 4.87. The number of hydrogen-bond acceptors (Lipinski definition) is 5. The fourth-order valence-electron chi connectivity index (χ4n) is 1.96. The molecule has 21 heavy (non-hydrogen) atoms. The summed E-state index contributed by atoms with van der Waals surface area (Å²) >= 11 is 0. The highest BCUT2D eigenvalue weighted by atomic mass is 35.5. The first kappa shape index (κ1) is 17.4. The number of ether oxygens (including phenoxy) is 3. The Labute approximate surface area is 130 Å². The highest BCUT2D eigenvalue weighted by Gasteiger charge is 2.45. The maximum atomic E-state index is 11.8. The van der Waals surface area contributed by atoms with E-state index in [-0.39, 0.29) is 18.3 Å². The molecule has 0 spiro atoms. The Bertz CT molecular complexity index is 493. The third-order valence-electron chi connectivity index (χ3n) is 3.42. The molecule has 0 aromatic heterocycles. The van der Waals surface area contributed by atoms with Crippen molar-refractivity contribution in [2.45, 2.75) is 24.9 Å². The fourth-order valence-corrected chi connectivity index (χ4v) is 1.96. The number of halogens is 1. The van der Waals surface area contributed by atoms with Gasteiger partial charge in [0.1, 0.15) is 0 Å². The lowest BCUT2D eigenvalue weighted by molar-refractivity contribution is -0.123. The molecule has 3 N–H and O–H groups in total. The minimum Gasteiger partial charge on any atom is -0.493 e. The van der Waals surface area contributed by atoms with Crippen LogP contribution < -0.4 is 25.3 Å². The van der Waals surface area contributed by atoms with Gasteiger partial charge in [-0.05, 0) is 30.5 Å². The Kier molecular flexibility index (Phi) is 5.69. The Morgan fingerprint density at radius 3 is 2.10 bits per heavy atom. The summed E-state index contributed by atoms with van der Waals surface area (Å²) in [6, 6.07) is 3.61. The predicted octanol–water partition coefficient (Wildman–Crippen LogP) is 1.24. The zero-order valence-corrected chi connectivity index (χ0v) is 13.2. The summed E-state index contributed by atoms with van der Waals surface area (Å²) in [4.78, 5) is 11.8. The largest absolute Gasteiger partial charge is 0.493 e. The van der Waals surface area contributed by atoms with Crippen LogP contribution in [0.15, 0.2) is 12.1 Å². The van der Waals surface area contributed by atoms with E-state index < -0.39 is 5.54 Å². The van der Waals surface area contributed by atoms with Gasteiger partial charge in [0, 0.05) is 6.54 Å². The minimum absolute atomic E-state index is 0. The quantitative estimate of drug-likeness (QED) is 0.825. The fraction of sp³-hybridized carbons (Fsp3) is 0.500. The van der Waals surface area contributed by atoms with Crippen molar-refractivity contribution >= 4 is 18.3 Å². The van der Waals surface area contributed by atoms with Crippen molar-refractivity contribution in [1.82, 2.24) is 5.32 Å². The van der Waals surface area contributed by atoms with Crippen molar-refractivity contribution in [3.05, 3.63) is 17.7 Å². The summed E-state index contributed by atoms with van der Waals surface area (Å²) in [5.74, 6) is 1.53. The molecule has 7 heteroatoms. The smallest absolute Gasteiger partial charge is 0.240 e. The van der Waals surface area contributed by atoms with Crippen molar-refractivity contribution in [3.63, 3.8) is 0 Å². The van der Waals surface area contributed by atoms with Crippen LogP contribution >= 0.6 is 12.4 Å². The zero-order valence-electron chi connectivity index (χ0n) is 12.4. The summed E-state index contributed by atoms with van der Waals surface area (Å²) in [6.07, 6.45) is 1.49. The number of carbonyl (C=O) groups is 1. The van der Waals surface area contributed by atoms with E-state index in [9.17, 15) is 4.79 Å². The average molecular weight is 317 g/mol. The second-order valence-electron chi connectivity index (χ2n) is 4.87. The van der Waals surface area contributed by atoms with Crippen LogP contribution in [0.2, 0.25) is 0 Å². The monoisotopic (exact) mass is 316 g/mol. The molecule has 1 saturated carbocycles. The summed E-state index contributed by atoms with van der Waals surface area (Å²) in [5, 5.41) is 2.83. The molecule has 1 aromatic carbocycles. The van der Waals surface area contributed by atoms with Crippen molar-refractivity contribution in [3.8, 4) is 17.2 Å². The van der Waals surface area contributed by atoms with Crippen LogP contribution in [0.25, 0.3) is 0 Å². The van der Waals surface area contributed by atoms with Crippen LogP contribution in [0.3, 0.4) is 0 Å². The first-order valence-corrected chi connectivity index (χ1v) is 6.40. The molecule has 0 heterocycles. The molecule has 0 radical (unpaired) electrons. The lowest BCUT2D eigenvalue weighted by Crippen LogP contribution is -2.42. The van der Waals surface area contributed by atoms with Crippen LogP contribution in [0.5, 0.6) is 17.2 Å². The van der Waals surface area contributed by atoms with Crippen LogP contribution in [0.4, 0.5) is 0 Å². The first-order chi connectivity index (χ1) is 9.54. The van der Waals surface area contributed by atoms with Crippen LogP contribution in [-0.4, -0.2) is 32.8 Å². The molecule has 0 saturated heterocycles. The summed E-state index contributed by atoms with van der Waals surface area (Å²) in [6.45, 7) is 0.370. The van der Waals surface area contributed by atoms with Crippen molar-refractivity contribution in [2.75, 3.05) is 21.3 Å². The molecule has 1 aliphatic carbocycles. The van der Waals surface area contributed by atoms with E-state index in [0.717, 1.165) is 18.4 Å². The van der Waals surface area contributed by atoms with Crippen LogP contribution in [-0.2, 0) is 11.3 Å². The number of carbonyl (C=O) groups excluding carboxylic acids is 1. The highest BCUT2D eigenvalue weighted by molar-refractivity contribution is 5.88. The van der Waals surface area contributed by atoms with E-state index in [0.29, 0.717) is 23.8 Å². The van der Waals surface area contributed by atoms with Gasteiger partial charge in [0.2, 0.25) is 11.7 Å². The van der Waals surface area contributed by atoms with Gasteiger partial charge < -0.3 is 25.3 Å². The number of amides is 1. The van der Waals surface area contributed by atoms with Crippen molar-refractivity contribution < 1.29 is 19.0 Å². The standard InChI is InChI=1S/C14H20N2O4.ClH/c1-18-10-6-9(7-11(19-2)12(10)20-3)8-16-13(17)14(15)4-5-14;/h6-7H,4-5,8,15H2,1-3H3,(H,16,17);1H. The van der Waals surface area contributed by atoms with Crippen LogP contribution in [0, 0.1) is 0 Å². The minimum atomic E-state index is -0.666. The first-order valence-electron chi connectivity index (χ1n) is 6.40. The lowest BCUT2D eigenvalue weighted by Gasteiger charge is -2.15. The molecule has 0 unspecified atom stereocenters. The topological polar surface area (TPSA) is 82.8 Å². The van der Waals surface area contributed by atoms with E-state index >= 15 is 0 Å². The van der Waals surface area contributed by atoms with Crippen molar-refractivity contribution in [1.29, 1.82) is 0 Å². The molecule has 1 aromatic rings. The normalized spacial score (nSPS) is 14.7. The summed E-state index contributed by atoms with van der Waals surface area (Å²) in [5.41, 5.74) is 6.02. The molecule has 1 fully saturated rings. The SMILES string of the molecule is COc1cc(CNC(=O)C2(N)CC2)cc(OC)c1OC.Cl. The molecule has 0 atom stereocenters. The Hall–Kier alpha value is -1.66. The third kappa shape index (κ3) is 3.71. The Morgan fingerprint density at radius 1 is 1.19 bits per heavy atom. The van der Waals surface area contributed by atoms with Gasteiger partial charge in [-0.15, -0.1) is 12.4 Å². The number of benzene rings is 1. The summed E-state index contributed by atoms with van der Waals surface area (Å²) in [7, 11) is 4.66. The van der Waals surface area contributed by atoms with Gasteiger partial charge in [-0.3, -0.25) is 4.79 Å². The molecule has 6 nitrogen and oxygen atoms in total. The molecule has 0 aliphatic heterocycles. The van der Waals surface area contributed by atoms with Gasteiger partial charge in [0.25, 0.3) is 0 Å². The number of methoxy groups -OCH3 is 3. The number of nitrogens with one attached hydrogen (secondary N) is 1. The second kappa shape index (κ2) is 6.87. The van der Waals surface area contributed by atoms with E-state index in [1.165, 1.54) is 0 Å². The average Bonchev–Trinajstić information content (AvgIpc) is 3.22. The number of rotatable bonds is 6. The molecular weight excluding hydrogens is 296 g/mol. The molecule has 118 valence electrons. The van der Waals surface area contributed by atoms with E-state index in [1.807, 2.05) is 0 Å². The highest BCUT2D eigenvalue weighted by Crippen LogP contribution is 2.38. The van der Waals surface area contributed by atoms with Gasteiger partial charge in [-0.2, -0.15) is 0 Å². The maximum absolute atomic E-state index is 11.8.